The van der Waals surface area contributed by atoms with Crippen LogP contribution in [-0.2, 0) is 13.0 Å². The van der Waals surface area contributed by atoms with Gasteiger partial charge in [-0.15, -0.1) is 24.0 Å². The third-order valence-corrected chi connectivity index (χ3v) is 3.89. The fraction of sp³-hybridized carbons (Fsp3) is 0.200. The summed E-state index contributed by atoms with van der Waals surface area (Å²) in [5.74, 6) is 0.795. The molecule has 3 rings (SSSR count). The molecule has 1 heterocycles. The van der Waals surface area contributed by atoms with Crippen LogP contribution in [0.5, 0.6) is 0 Å². The Morgan fingerprint density at radius 1 is 0.962 bits per heavy atom. The number of nitrogens with zero attached hydrogens (tertiary/aromatic N) is 3. The normalized spacial score (nSPS) is 10.9. The SMILES string of the molecule is CN=C(NCCc1ccccc1)NCc1cnn(-c2ccccc2)c1.I. The van der Waals surface area contributed by atoms with E-state index in [1.54, 1.807) is 7.05 Å². The van der Waals surface area contributed by atoms with Gasteiger partial charge in [-0.1, -0.05) is 48.5 Å². The molecule has 0 aliphatic carbocycles. The Morgan fingerprint density at radius 2 is 1.65 bits per heavy atom. The Labute approximate surface area is 171 Å². The molecule has 0 bridgehead atoms. The highest BCUT2D eigenvalue weighted by molar-refractivity contribution is 14.0. The highest BCUT2D eigenvalue weighted by atomic mass is 127. The zero-order valence-corrected chi connectivity index (χ0v) is 17.1. The molecule has 2 aromatic carbocycles. The number of aliphatic imine (C=N–C) groups is 1. The molecule has 0 spiro atoms. The Balaban J connectivity index is 0.00000243. The Bertz CT molecular complexity index is 799. The largest absolute Gasteiger partial charge is 0.356 e. The first-order valence-electron chi connectivity index (χ1n) is 8.42. The molecule has 0 aliphatic rings. The predicted molar refractivity (Wildman–Crippen MR) is 117 cm³/mol. The van der Waals surface area contributed by atoms with Crippen molar-refractivity contribution in [2.45, 2.75) is 13.0 Å². The predicted octanol–water partition coefficient (Wildman–Crippen LogP) is 3.40. The standard InChI is InChI=1S/C20H23N5.HI/c1-21-20(22-13-12-17-8-4-2-5-9-17)23-14-18-15-24-25(16-18)19-10-6-3-7-11-19;/h2-11,15-16H,12-14H2,1H3,(H2,21,22,23);1H. The molecule has 26 heavy (non-hydrogen) atoms. The Morgan fingerprint density at radius 3 is 2.35 bits per heavy atom. The topological polar surface area (TPSA) is 54.2 Å². The molecule has 0 unspecified atom stereocenters. The van der Waals surface area contributed by atoms with Crippen LogP contribution in [0.15, 0.2) is 78.0 Å². The van der Waals surface area contributed by atoms with E-state index in [1.807, 2.05) is 53.5 Å². The van der Waals surface area contributed by atoms with E-state index in [1.165, 1.54) is 5.56 Å². The highest BCUT2D eigenvalue weighted by Gasteiger charge is 2.02. The fourth-order valence-electron chi connectivity index (χ4n) is 2.55. The zero-order valence-electron chi connectivity index (χ0n) is 14.8. The first-order chi connectivity index (χ1) is 12.3. The maximum absolute atomic E-state index is 4.41. The van der Waals surface area contributed by atoms with E-state index in [2.05, 4.69) is 45.0 Å². The van der Waals surface area contributed by atoms with Gasteiger partial charge in [0.15, 0.2) is 5.96 Å². The van der Waals surface area contributed by atoms with E-state index in [0.717, 1.165) is 30.2 Å². The van der Waals surface area contributed by atoms with Crippen LogP contribution in [0, 0.1) is 0 Å². The highest BCUT2D eigenvalue weighted by Crippen LogP contribution is 2.07. The van der Waals surface area contributed by atoms with E-state index >= 15 is 0 Å². The van der Waals surface area contributed by atoms with Gasteiger partial charge in [-0.3, -0.25) is 4.99 Å². The maximum Gasteiger partial charge on any atom is 0.191 e. The van der Waals surface area contributed by atoms with Gasteiger partial charge in [0.05, 0.1) is 11.9 Å². The average Bonchev–Trinajstić information content (AvgIpc) is 3.15. The molecule has 5 nitrogen and oxygen atoms in total. The summed E-state index contributed by atoms with van der Waals surface area (Å²) in [6.45, 7) is 1.52. The van der Waals surface area contributed by atoms with Crippen LogP contribution >= 0.6 is 24.0 Å². The van der Waals surface area contributed by atoms with Gasteiger partial charge in [0.2, 0.25) is 0 Å². The van der Waals surface area contributed by atoms with Crippen molar-refractivity contribution in [1.29, 1.82) is 0 Å². The lowest BCUT2D eigenvalue weighted by atomic mass is 10.1. The molecule has 6 heteroatoms. The van der Waals surface area contributed by atoms with Crippen LogP contribution in [0.4, 0.5) is 0 Å². The molecule has 136 valence electrons. The van der Waals surface area contributed by atoms with Crippen LogP contribution < -0.4 is 10.6 Å². The quantitative estimate of drug-likeness (QED) is 0.336. The summed E-state index contributed by atoms with van der Waals surface area (Å²) in [5.41, 5.74) is 3.48. The minimum Gasteiger partial charge on any atom is -0.356 e. The summed E-state index contributed by atoms with van der Waals surface area (Å²) in [5, 5.41) is 11.1. The van der Waals surface area contributed by atoms with Gasteiger partial charge in [-0.05, 0) is 24.1 Å². The number of hydrogen-bond acceptors (Lipinski definition) is 2. The minimum absolute atomic E-state index is 0. The van der Waals surface area contributed by atoms with E-state index < -0.39 is 0 Å². The lowest BCUT2D eigenvalue weighted by Gasteiger charge is -2.11. The second kappa shape index (κ2) is 10.6. The number of para-hydroxylation sites is 1. The Hall–Kier alpha value is -2.35. The summed E-state index contributed by atoms with van der Waals surface area (Å²) >= 11 is 0. The number of halogens is 1. The molecule has 0 radical (unpaired) electrons. The van der Waals surface area contributed by atoms with E-state index in [9.17, 15) is 0 Å². The second-order valence-electron chi connectivity index (χ2n) is 5.72. The zero-order chi connectivity index (χ0) is 17.3. The summed E-state index contributed by atoms with van der Waals surface area (Å²) in [6, 6.07) is 20.5. The van der Waals surface area contributed by atoms with Gasteiger partial charge < -0.3 is 10.6 Å². The van der Waals surface area contributed by atoms with Gasteiger partial charge in [-0.25, -0.2) is 4.68 Å². The number of benzene rings is 2. The number of guanidine groups is 1. The molecule has 1 aromatic heterocycles. The van der Waals surface area contributed by atoms with Crippen LogP contribution in [0.1, 0.15) is 11.1 Å². The van der Waals surface area contributed by atoms with Crippen LogP contribution in [0.3, 0.4) is 0 Å². The summed E-state index contributed by atoms with van der Waals surface area (Å²) in [7, 11) is 1.78. The number of rotatable bonds is 6. The molecule has 2 N–H and O–H groups in total. The maximum atomic E-state index is 4.41. The van der Waals surface area contributed by atoms with Crippen molar-refractivity contribution in [3.8, 4) is 5.69 Å². The van der Waals surface area contributed by atoms with Crippen LogP contribution in [0.25, 0.3) is 5.69 Å². The third kappa shape index (κ3) is 5.87. The van der Waals surface area contributed by atoms with Crippen molar-refractivity contribution in [2.75, 3.05) is 13.6 Å². The lowest BCUT2D eigenvalue weighted by molar-refractivity contribution is 0.794. The van der Waals surface area contributed by atoms with Gasteiger partial charge in [0.1, 0.15) is 0 Å². The number of hydrogen-bond donors (Lipinski definition) is 2. The van der Waals surface area contributed by atoms with Crippen molar-refractivity contribution in [3.63, 3.8) is 0 Å². The first kappa shape index (κ1) is 20.0. The van der Waals surface area contributed by atoms with E-state index in [-0.39, 0.29) is 24.0 Å². The van der Waals surface area contributed by atoms with Crippen molar-refractivity contribution in [1.82, 2.24) is 20.4 Å². The van der Waals surface area contributed by atoms with Crippen molar-refractivity contribution in [3.05, 3.63) is 84.2 Å². The molecule has 0 fully saturated rings. The van der Waals surface area contributed by atoms with Gasteiger partial charge in [-0.2, -0.15) is 5.10 Å². The van der Waals surface area contributed by atoms with Gasteiger partial charge in [0.25, 0.3) is 0 Å². The number of nitrogens with one attached hydrogen (secondary N) is 2. The molecular formula is C20H24IN5. The van der Waals surface area contributed by atoms with Crippen LogP contribution in [-0.4, -0.2) is 29.3 Å². The summed E-state index contributed by atoms with van der Waals surface area (Å²) in [6.07, 6.45) is 4.87. The second-order valence-corrected chi connectivity index (χ2v) is 5.72. The molecular weight excluding hydrogens is 437 g/mol. The summed E-state index contributed by atoms with van der Waals surface area (Å²) < 4.78 is 1.88. The molecule has 0 atom stereocenters. The average molecular weight is 461 g/mol. The Kier molecular flexibility index (Phi) is 8.14. The van der Waals surface area contributed by atoms with Gasteiger partial charge >= 0.3 is 0 Å². The van der Waals surface area contributed by atoms with Crippen molar-refractivity contribution >= 4 is 29.9 Å². The van der Waals surface area contributed by atoms with E-state index in [0.29, 0.717) is 6.54 Å². The third-order valence-electron chi connectivity index (χ3n) is 3.89. The fourth-order valence-corrected chi connectivity index (χ4v) is 2.55. The first-order valence-corrected chi connectivity index (χ1v) is 8.42. The molecule has 0 aliphatic heterocycles. The van der Waals surface area contributed by atoms with Crippen molar-refractivity contribution in [2.24, 2.45) is 4.99 Å². The lowest BCUT2D eigenvalue weighted by Crippen LogP contribution is -2.37. The van der Waals surface area contributed by atoms with Crippen molar-refractivity contribution < 1.29 is 0 Å². The molecule has 0 amide bonds. The van der Waals surface area contributed by atoms with Gasteiger partial charge in [0, 0.05) is 31.9 Å². The molecule has 0 saturated carbocycles. The monoisotopic (exact) mass is 461 g/mol. The van der Waals surface area contributed by atoms with Crippen LogP contribution in [0.2, 0.25) is 0 Å². The molecule has 3 aromatic rings. The number of aromatic nitrogens is 2. The minimum atomic E-state index is 0. The molecule has 0 saturated heterocycles. The smallest absolute Gasteiger partial charge is 0.191 e. The van der Waals surface area contributed by atoms with E-state index in [4.69, 9.17) is 0 Å². The summed E-state index contributed by atoms with van der Waals surface area (Å²) in [4.78, 5) is 4.27.